The van der Waals surface area contributed by atoms with Crippen LogP contribution >= 0.6 is 11.3 Å². The van der Waals surface area contributed by atoms with Crippen LogP contribution in [0.4, 0.5) is 4.39 Å². The van der Waals surface area contributed by atoms with Gasteiger partial charge in [0.15, 0.2) is 0 Å². The number of sulfonamides is 1. The van der Waals surface area contributed by atoms with Crippen molar-refractivity contribution in [2.45, 2.75) is 31.1 Å². The number of piperazine rings is 1. The summed E-state index contributed by atoms with van der Waals surface area (Å²) in [6, 6.07) is 5.40. The maximum atomic E-state index is 13.9. The zero-order chi connectivity index (χ0) is 19.9. The molecule has 8 heteroatoms. The van der Waals surface area contributed by atoms with Gasteiger partial charge in [-0.2, -0.15) is 4.31 Å². The summed E-state index contributed by atoms with van der Waals surface area (Å²) in [6.07, 6.45) is 3.06. The van der Waals surface area contributed by atoms with Crippen LogP contribution in [0.3, 0.4) is 0 Å². The Morgan fingerprint density at radius 3 is 2.61 bits per heavy atom. The topological polar surface area (TPSA) is 57.7 Å². The van der Waals surface area contributed by atoms with Gasteiger partial charge in [-0.05, 0) is 42.9 Å². The smallest absolute Gasteiger partial charge is 0.255 e. The molecule has 4 rings (SSSR count). The molecule has 1 atom stereocenters. The van der Waals surface area contributed by atoms with Gasteiger partial charge < -0.3 is 4.90 Å². The Kier molecular flexibility index (Phi) is 5.28. The third kappa shape index (κ3) is 3.49. The molecule has 1 amide bonds. The predicted octanol–water partition coefficient (Wildman–Crippen LogP) is 3.16. The Morgan fingerprint density at radius 1 is 1.18 bits per heavy atom. The first kappa shape index (κ1) is 19.5. The van der Waals surface area contributed by atoms with Crippen LogP contribution in [-0.2, 0) is 22.9 Å². The number of fused-ring (bicyclic) bond motifs is 1. The Morgan fingerprint density at radius 2 is 1.89 bits per heavy atom. The Labute approximate surface area is 168 Å². The number of carbonyl (C=O) groups excluding carboxylic acids is 1. The van der Waals surface area contributed by atoms with E-state index in [2.05, 4.69) is 6.92 Å². The lowest BCUT2D eigenvalue weighted by molar-refractivity contribution is 0.0697. The van der Waals surface area contributed by atoms with Gasteiger partial charge >= 0.3 is 0 Å². The van der Waals surface area contributed by atoms with Crippen molar-refractivity contribution in [3.05, 3.63) is 51.5 Å². The van der Waals surface area contributed by atoms with E-state index in [0.717, 1.165) is 30.9 Å². The van der Waals surface area contributed by atoms with E-state index in [4.69, 9.17) is 0 Å². The summed E-state index contributed by atoms with van der Waals surface area (Å²) in [5.74, 6) is -0.114. The van der Waals surface area contributed by atoms with Crippen LogP contribution in [0.1, 0.15) is 34.1 Å². The highest BCUT2D eigenvalue weighted by atomic mass is 32.2. The van der Waals surface area contributed by atoms with Gasteiger partial charge in [0.05, 0.1) is 5.56 Å². The molecule has 1 saturated heterocycles. The fourth-order valence-electron chi connectivity index (χ4n) is 3.95. The standard InChI is InChI=1S/C20H23FN2O3S2/c1-14-6-7-15-16(13-27-18(15)12-14)20(24)22-8-10-23(11-9-22)28(25,26)19-5-3-2-4-17(19)21/h2-5,13-14H,6-12H2,1H3. The average Bonchev–Trinajstić information content (AvgIpc) is 3.10. The summed E-state index contributed by atoms with van der Waals surface area (Å²) in [6.45, 7) is 3.21. The second-order valence-electron chi connectivity index (χ2n) is 7.53. The molecule has 1 aliphatic heterocycles. The lowest BCUT2D eigenvalue weighted by Crippen LogP contribution is -2.50. The largest absolute Gasteiger partial charge is 0.336 e. The summed E-state index contributed by atoms with van der Waals surface area (Å²) < 4.78 is 40.7. The van der Waals surface area contributed by atoms with Crippen LogP contribution in [0.15, 0.2) is 34.5 Å². The predicted molar refractivity (Wildman–Crippen MR) is 107 cm³/mol. The Bertz CT molecular complexity index is 995. The first-order valence-corrected chi connectivity index (χ1v) is 11.8. The van der Waals surface area contributed by atoms with Crippen molar-refractivity contribution in [1.82, 2.24) is 9.21 Å². The zero-order valence-electron chi connectivity index (χ0n) is 15.7. The molecule has 0 radical (unpaired) electrons. The maximum Gasteiger partial charge on any atom is 0.255 e. The van der Waals surface area contributed by atoms with Crippen LogP contribution in [0.5, 0.6) is 0 Å². The Hall–Kier alpha value is -1.77. The van der Waals surface area contributed by atoms with Crippen molar-refractivity contribution in [1.29, 1.82) is 0 Å². The van der Waals surface area contributed by atoms with E-state index in [0.29, 0.717) is 19.0 Å². The number of hydrogen-bond acceptors (Lipinski definition) is 4. The minimum absolute atomic E-state index is 0.0185. The van der Waals surface area contributed by atoms with Gasteiger partial charge in [-0.3, -0.25) is 4.79 Å². The molecule has 0 bridgehead atoms. The second-order valence-corrected chi connectivity index (χ2v) is 10.4. The van der Waals surface area contributed by atoms with Gasteiger partial charge in [0.25, 0.3) is 5.91 Å². The van der Waals surface area contributed by atoms with Crippen molar-refractivity contribution >= 4 is 27.3 Å². The summed E-state index contributed by atoms with van der Waals surface area (Å²) in [4.78, 5) is 15.7. The molecule has 2 heterocycles. The van der Waals surface area contributed by atoms with Crippen molar-refractivity contribution in [3.8, 4) is 0 Å². The average molecular weight is 423 g/mol. The number of amides is 1. The SMILES string of the molecule is CC1CCc2c(C(=O)N3CCN(S(=O)(=O)c4ccccc4F)CC3)csc2C1. The quantitative estimate of drug-likeness (QED) is 0.764. The van der Waals surface area contributed by atoms with E-state index < -0.39 is 15.8 Å². The third-order valence-electron chi connectivity index (χ3n) is 5.61. The minimum atomic E-state index is -3.89. The first-order chi connectivity index (χ1) is 13.4. The molecular weight excluding hydrogens is 399 g/mol. The van der Waals surface area contributed by atoms with E-state index in [1.54, 1.807) is 16.2 Å². The molecule has 1 aromatic carbocycles. The molecule has 0 spiro atoms. The number of halogens is 1. The van der Waals surface area contributed by atoms with E-state index >= 15 is 0 Å². The number of nitrogens with zero attached hydrogens (tertiary/aromatic N) is 2. The molecular formula is C20H23FN2O3S2. The first-order valence-electron chi connectivity index (χ1n) is 9.51. The van der Waals surface area contributed by atoms with Crippen molar-refractivity contribution in [3.63, 3.8) is 0 Å². The number of thiophene rings is 1. The van der Waals surface area contributed by atoms with E-state index in [1.807, 2.05) is 5.38 Å². The minimum Gasteiger partial charge on any atom is -0.336 e. The van der Waals surface area contributed by atoms with Crippen LogP contribution in [0.25, 0.3) is 0 Å². The molecule has 1 unspecified atom stereocenters. The highest BCUT2D eigenvalue weighted by molar-refractivity contribution is 7.89. The monoisotopic (exact) mass is 422 g/mol. The summed E-state index contributed by atoms with van der Waals surface area (Å²) in [5.41, 5.74) is 1.95. The molecule has 150 valence electrons. The molecule has 0 saturated carbocycles. The van der Waals surface area contributed by atoms with Gasteiger partial charge in [-0.25, -0.2) is 12.8 Å². The van der Waals surface area contributed by atoms with E-state index in [9.17, 15) is 17.6 Å². The van der Waals surface area contributed by atoms with Crippen LogP contribution in [0, 0.1) is 11.7 Å². The van der Waals surface area contributed by atoms with Crippen molar-refractivity contribution < 1.29 is 17.6 Å². The molecule has 1 fully saturated rings. The van der Waals surface area contributed by atoms with Gasteiger partial charge in [-0.1, -0.05) is 19.1 Å². The molecule has 1 aromatic heterocycles. The van der Waals surface area contributed by atoms with Crippen LogP contribution < -0.4 is 0 Å². The normalized spacial score (nSPS) is 20.8. The second kappa shape index (κ2) is 7.57. The molecule has 2 aromatic rings. The molecule has 28 heavy (non-hydrogen) atoms. The fourth-order valence-corrected chi connectivity index (χ4v) is 6.68. The van der Waals surface area contributed by atoms with Crippen LogP contribution in [-0.4, -0.2) is 49.7 Å². The number of hydrogen-bond donors (Lipinski definition) is 0. The summed E-state index contributed by atoms with van der Waals surface area (Å²) in [5, 5.41) is 1.95. The molecule has 1 aliphatic carbocycles. The summed E-state index contributed by atoms with van der Waals surface area (Å²) >= 11 is 1.66. The number of carbonyl (C=O) groups is 1. The van der Waals surface area contributed by atoms with Gasteiger partial charge in [-0.15, -0.1) is 11.3 Å². The maximum absolute atomic E-state index is 13.9. The molecule has 0 N–H and O–H groups in total. The lowest BCUT2D eigenvalue weighted by Gasteiger charge is -2.34. The Balaban J connectivity index is 1.46. The molecule has 5 nitrogen and oxygen atoms in total. The number of rotatable bonds is 3. The van der Waals surface area contributed by atoms with Gasteiger partial charge in [0.2, 0.25) is 10.0 Å². The lowest BCUT2D eigenvalue weighted by atomic mass is 9.88. The third-order valence-corrected chi connectivity index (χ3v) is 8.60. The fraction of sp³-hybridized carbons (Fsp3) is 0.450. The zero-order valence-corrected chi connectivity index (χ0v) is 17.4. The highest BCUT2D eigenvalue weighted by Crippen LogP contribution is 2.33. The van der Waals surface area contributed by atoms with E-state index in [-0.39, 0.29) is 23.9 Å². The molecule has 2 aliphatic rings. The van der Waals surface area contributed by atoms with Gasteiger partial charge in [0, 0.05) is 36.4 Å². The summed E-state index contributed by atoms with van der Waals surface area (Å²) in [7, 11) is -3.89. The van der Waals surface area contributed by atoms with E-state index in [1.165, 1.54) is 32.9 Å². The van der Waals surface area contributed by atoms with Crippen LogP contribution in [0.2, 0.25) is 0 Å². The van der Waals surface area contributed by atoms with Crippen molar-refractivity contribution in [2.75, 3.05) is 26.2 Å². The highest BCUT2D eigenvalue weighted by Gasteiger charge is 2.33. The van der Waals surface area contributed by atoms with Gasteiger partial charge in [0.1, 0.15) is 10.7 Å². The van der Waals surface area contributed by atoms with Crippen molar-refractivity contribution in [2.24, 2.45) is 5.92 Å². The number of benzene rings is 1.